The van der Waals surface area contributed by atoms with Gasteiger partial charge in [-0.25, -0.2) is 8.78 Å². The molecule has 16 heavy (non-hydrogen) atoms. The third-order valence-corrected chi connectivity index (χ3v) is 2.31. The Morgan fingerprint density at radius 2 is 1.94 bits per heavy atom. The van der Waals surface area contributed by atoms with E-state index in [0.717, 1.165) is 0 Å². The highest BCUT2D eigenvalue weighted by atomic mass is 79.9. The summed E-state index contributed by atoms with van der Waals surface area (Å²) < 4.78 is 63.3. The van der Waals surface area contributed by atoms with Gasteiger partial charge in [0.05, 0.1) is 4.47 Å². The summed E-state index contributed by atoms with van der Waals surface area (Å²) in [5.41, 5.74) is 4.42. The van der Waals surface area contributed by atoms with Crippen molar-refractivity contribution in [2.24, 2.45) is 0 Å². The van der Waals surface area contributed by atoms with E-state index in [1.807, 2.05) is 0 Å². The summed E-state index contributed by atoms with van der Waals surface area (Å²) >= 11 is 2.69. The van der Waals surface area contributed by atoms with Gasteiger partial charge in [0.1, 0.15) is 5.82 Å². The number of alkyl halides is 5. The summed E-state index contributed by atoms with van der Waals surface area (Å²) in [5, 5.41) is 0. The Kier molecular flexibility index (Phi) is 3.56. The number of nitrogen functional groups attached to an aromatic ring is 1. The van der Waals surface area contributed by atoms with Crippen molar-refractivity contribution in [3.05, 3.63) is 16.1 Å². The molecule has 1 aromatic rings. The van der Waals surface area contributed by atoms with Gasteiger partial charge in [-0.1, -0.05) is 0 Å². The van der Waals surface area contributed by atoms with Crippen molar-refractivity contribution < 1.29 is 26.7 Å². The van der Waals surface area contributed by atoms with E-state index in [1.54, 1.807) is 0 Å². The van der Waals surface area contributed by atoms with E-state index < -0.39 is 30.0 Å². The van der Waals surface area contributed by atoms with Gasteiger partial charge in [0, 0.05) is 11.6 Å². The Bertz CT molecular complexity index is 395. The first-order valence-corrected chi connectivity index (χ1v) is 4.50. The Morgan fingerprint density at radius 3 is 2.38 bits per heavy atom. The zero-order chi connectivity index (χ0) is 12.5. The highest BCUT2D eigenvalue weighted by molar-refractivity contribution is 9.10. The van der Waals surface area contributed by atoms with Gasteiger partial charge in [0.2, 0.25) is 5.88 Å². The summed E-state index contributed by atoms with van der Waals surface area (Å²) in [6.07, 6.45) is -8.00. The maximum absolute atomic E-state index is 12.4. The van der Waals surface area contributed by atoms with Gasteiger partial charge in [-0.15, -0.1) is 13.2 Å². The molecule has 9 heteroatoms. The fourth-order valence-corrected chi connectivity index (χ4v) is 1.25. The molecule has 0 aliphatic rings. The van der Waals surface area contributed by atoms with Crippen LogP contribution in [-0.4, -0.2) is 11.3 Å². The number of nitrogens with two attached hydrogens (primary N) is 1. The first-order chi connectivity index (χ1) is 7.20. The van der Waals surface area contributed by atoms with Crippen LogP contribution in [0.4, 0.5) is 27.8 Å². The third kappa shape index (κ3) is 3.19. The molecule has 3 nitrogen and oxygen atoms in total. The monoisotopic (exact) mass is 306 g/mol. The Labute approximate surface area is 94.5 Å². The predicted octanol–water partition coefficient (Wildman–Crippen LogP) is 3.26. The second kappa shape index (κ2) is 4.40. The number of aromatic nitrogens is 1. The lowest BCUT2D eigenvalue weighted by molar-refractivity contribution is -0.276. The molecule has 0 fully saturated rings. The van der Waals surface area contributed by atoms with Crippen LogP contribution in [0.3, 0.4) is 0 Å². The number of anilines is 1. The number of hydrogen-bond donors (Lipinski definition) is 1. The molecule has 0 amide bonds. The summed E-state index contributed by atoms with van der Waals surface area (Å²) in [5.74, 6) is -1.53. The maximum atomic E-state index is 12.4. The highest BCUT2D eigenvalue weighted by Gasteiger charge is 2.32. The topological polar surface area (TPSA) is 48.1 Å². The summed E-state index contributed by atoms with van der Waals surface area (Å²) in [7, 11) is 0. The van der Waals surface area contributed by atoms with Crippen LogP contribution < -0.4 is 10.5 Å². The van der Waals surface area contributed by atoms with Crippen LogP contribution in [0.1, 0.15) is 12.0 Å². The smallest absolute Gasteiger partial charge is 0.388 e. The molecule has 0 atom stereocenters. The number of pyridine rings is 1. The van der Waals surface area contributed by atoms with Crippen molar-refractivity contribution in [2.75, 3.05) is 5.73 Å². The van der Waals surface area contributed by atoms with Crippen LogP contribution in [-0.2, 0) is 0 Å². The fraction of sp³-hybridized carbons (Fsp3) is 0.286. The molecule has 0 aliphatic heterocycles. The minimum Gasteiger partial charge on any atom is -0.388 e. The van der Waals surface area contributed by atoms with E-state index >= 15 is 0 Å². The van der Waals surface area contributed by atoms with Crippen molar-refractivity contribution in [3.8, 4) is 5.88 Å². The van der Waals surface area contributed by atoms with Crippen LogP contribution in [0.2, 0.25) is 0 Å². The number of ether oxygens (including phenoxy) is 1. The molecule has 1 heterocycles. The second-order valence-corrected chi connectivity index (χ2v) is 3.39. The van der Waals surface area contributed by atoms with Gasteiger partial charge in [-0.05, 0) is 15.9 Å². The lowest BCUT2D eigenvalue weighted by Gasteiger charge is -2.11. The van der Waals surface area contributed by atoms with Crippen molar-refractivity contribution >= 4 is 21.7 Å². The van der Waals surface area contributed by atoms with Crippen molar-refractivity contribution in [3.63, 3.8) is 0 Å². The van der Waals surface area contributed by atoms with E-state index in [-0.39, 0.29) is 4.47 Å². The number of nitrogens with zero attached hydrogens (tertiary/aromatic N) is 1. The molecule has 1 rings (SSSR count). The number of rotatable bonds is 2. The molecule has 0 bridgehead atoms. The first-order valence-electron chi connectivity index (χ1n) is 3.70. The van der Waals surface area contributed by atoms with Gasteiger partial charge in [0.15, 0.2) is 0 Å². The quantitative estimate of drug-likeness (QED) is 0.853. The van der Waals surface area contributed by atoms with Gasteiger partial charge in [-0.2, -0.15) is 4.98 Å². The van der Waals surface area contributed by atoms with Gasteiger partial charge < -0.3 is 10.5 Å². The van der Waals surface area contributed by atoms with E-state index in [1.165, 1.54) is 0 Å². The van der Waals surface area contributed by atoms with Crippen LogP contribution in [0, 0.1) is 0 Å². The predicted molar refractivity (Wildman–Crippen MR) is 48.0 cm³/mol. The van der Waals surface area contributed by atoms with Crippen molar-refractivity contribution in [1.82, 2.24) is 4.98 Å². The second-order valence-electron chi connectivity index (χ2n) is 2.60. The van der Waals surface area contributed by atoms with Gasteiger partial charge in [0.25, 0.3) is 6.43 Å². The average Bonchev–Trinajstić information content (AvgIpc) is 2.07. The van der Waals surface area contributed by atoms with Gasteiger partial charge in [-0.3, -0.25) is 0 Å². The summed E-state index contributed by atoms with van der Waals surface area (Å²) in [4.78, 5) is 3.16. The molecule has 2 N–H and O–H groups in total. The zero-order valence-electron chi connectivity index (χ0n) is 7.36. The van der Waals surface area contributed by atoms with Crippen LogP contribution >= 0.6 is 15.9 Å². The lowest BCUT2D eigenvalue weighted by Crippen LogP contribution is -2.18. The number of halogens is 6. The van der Waals surface area contributed by atoms with Crippen LogP contribution in [0.25, 0.3) is 0 Å². The Hall–Kier alpha value is -1.12. The SMILES string of the molecule is Nc1nc(OC(F)(F)F)cc(C(F)F)c1Br. The maximum Gasteiger partial charge on any atom is 0.574 e. The largest absolute Gasteiger partial charge is 0.574 e. The van der Waals surface area contributed by atoms with E-state index in [9.17, 15) is 22.0 Å². The molecule has 0 aromatic carbocycles. The third-order valence-electron chi connectivity index (χ3n) is 1.44. The number of hydrogen-bond acceptors (Lipinski definition) is 3. The molecule has 0 spiro atoms. The summed E-state index contributed by atoms with van der Waals surface area (Å²) in [6, 6.07) is 0.471. The molecule has 90 valence electrons. The fourth-order valence-electron chi connectivity index (χ4n) is 0.874. The molecule has 0 radical (unpaired) electrons. The molecule has 0 saturated carbocycles. The Balaban J connectivity index is 3.14. The van der Waals surface area contributed by atoms with E-state index in [4.69, 9.17) is 5.73 Å². The molecule has 1 aromatic heterocycles. The molecule has 0 saturated heterocycles. The van der Waals surface area contributed by atoms with Crippen LogP contribution in [0.5, 0.6) is 5.88 Å². The lowest BCUT2D eigenvalue weighted by atomic mass is 10.2. The minimum absolute atomic E-state index is 0.253. The van der Waals surface area contributed by atoms with Crippen LogP contribution in [0.15, 0.2) is 10.5 Å². The van der Waals surface area contributed by atoms with Crippen molar-refractivity contribution in [1.29, 1.82) is 0 Å². The standard InChI is InChI=1S/C7H4BrF5N2O/c8-4-2(5(9)10)1-3(15-6(4)14)16-7(11,12)13/h1,5H,(H2,14,15). The normalized spacial score (nSPS) is 11.9. The van der Waals surface area contributed by atoms with Gasteiger partial charge >= 0.3 is 6.36 Å². The summed E-state index contributed by atoms with van der Waals surface area (Å²) in [6.45, 7) is 0. The van der Waals surface area contributed by atoms with E-state index in [0.29, 0.717) is 6.07 Å². The zero-order valence-corrected chi connectivity index (χ0v) is 8.94. The Morgan fingerprint density at radius 1 is 1.38 bits per heavy atom. The highest BCUT2D eigenvalue weighted by Crippen LogP contribution is 2.34. The molecular weight excluding hydrogens is 303 g/mol. The van der Waals surface area contributed by atoms with E-state index in [2.05, 4.69) is 25.7 Å². The van der Waals surface area contributed by atoms with Crippen molar-refractivity contribution in [2.45, 2.75) is 12.8 Å². The minimum atomic E-state index is -5.01. The average molecular weight is 307 g/mol. The first kappa shape index (κ1) is 12.9. The molecule has 0 unspecified atom stereocenters. The molecular formula is C7H4BrF5N2O. The molecule has 0 aliphatic carbocycles.